The number of hydrogen-bond donors (Lipinski definition) is 2. The highest BCUT2D eigenvalue weighted by atomic mass is 16.6. The Hall–Kier alpha value is -2.57. The number of benzene rings is 1. The van der Waals surface area contributed by atoms with Crippen molar-refractivity contribution in [3.8, 4) is 0 Å². The molecule has 0 aliphatic heterocycles. The molecule has 0 saturated heterocycles. The summed E-state index contributed by atoms with van der Waals surface area (Å²) in [5, 5.41) is 5.76. The van der Waals surface area contributed by atoms with Gasteiger partial charge in [0.25, 0.3) is 0 Å². The van der Waals surface area contributed by atoms with Crippen molar-refractivity contribution in [3.05, 3.63) is 34.9 Å². The number of rotatable bonds is 10. The first-order valence-electron chi connectivity index (χ1n) is 12.3. The molecule has 0 radical (unpaired) electrons. The lowest BCUT2D eigenvalue weighted by Crippen LogP contribution is -2.54. The van der Waals surface area contributed by atoms with Crippen molar-refractivity contribution in [3.63, 3.8) is 0 Å². The molecule has 1 rings (SSSR count). The van der Waals surface area contributed by atoms with Crippen LogP contribution in [0, 0.1) is 19.8 Å². The number of aryl methyl sites for hydroxylation is 1. The topological polar surface area (TPSA) is 87.7 Å². The number of ether oxygens (including phenoxy) is 1. The monoisotopic (exact) mass is 475 g/mol. The normalized spacial score (nSPS) is 13.4. The third kappa shape index (κ3) is 8.99. The second-order valence-corrected chi connectivity index (χ2v) is 10.7. The van der Waals surface area contributed by atoms with Crippen LogP contribution in [0.5, 0.6) is 0 Å². The Kier molecular flexibility index (Phi) is 11.1. The molecule has 0 aromatic heterocycles. The number of nitrogens with zero attached hydrogens (tertiary/aromatic N) is 1. The van der Waals surface area contributed by atoms with Crippen LogP contribution < -0.4 is 10.6 Å². The van der Waals surface area contributed by atoms with Crippen molar-refractivity contribution in [1.82, 2.24) is 15.5 Å². The van der Waals surface area contributed by atoms with Crippen LogP contribution in [-0.4, -0.2) is 47.0 Å². The fourth-order valence-corrected chi connectivity index (χ4v) is 3.83. The molecule has 0 bridgehead atoms. The molecular weight excluding hydrogens is 430 g/mol. The highest BCUT2D eigenvalue weighted by Crippen LogP contribution is 2.28. The molecule has 0 fully saturated rings. The highest BCUT2D eigenvalue weighted by Gasteiger charge is 2.37. The van der Waals surface area contributed by atoms with E-state index in [4.69, 9.17) is 4.74 Å². The lowest BCUT2D eigenvalue weighted by molar-refractivity contribution is -0.143. The van der Waals surface area contributed by atoms with E-state index < -0.39 is 23.8 Å². The van der Waals surface area contributed by atoms with E-state index in [-0.39, 0.29) is 23.8 Å². The predicted octanol–water partition coefficient (Wildman–Crippen LogP) is 5.05. The lowest BCUT2D eigenvalue weighted by Gasteiger charge is -2.36. The minimum absolute atomic E-state index is 0.0787. The molecule has 0 saturated carbocycles. The van der Waals surface area contributed by atoms with Gasteiger partial charge >= 0.3 is 6.09 Å². The molecule has 2 atom stereocenters. The molecule has 2 unspecified atom stereocenters. The van der Waals surface area contributed by atoms with Gasteiger partial charge in [0.05, 0.1) is 0 Å². The Balaban J connectivity index is 3.49. The second-order valence-electron chi connectivity index (χ2n) is 10.7. The number of carbonyl (C=O) groups excluding carboxylic acids is 3. The number of nitrogens with one attached hydrogen (secondary N) is 2. The quantitative estimate of drug-likeness (QED) is 0.496. The smallest absolute Gasteiger partial charge is 0.408 e. The van der Waals surface area contributed by atoms with Gasteiger partial charge in [-0.25, -0.2) is 4.79 Å². The lowest BCUT2D eigenvalue weighted by atomic mass is 9.94. The molecule has 192 valence electrons. The van der Waals surface area contributed by atoms with Gasteiger partial charge in [-0.15, -0.1) is 0 Å². The van der Waals surface area contributed by atoms with Crippen molar-refractivity contribution >= 4 is 17.9 Å². The maximum Gasteiger partial charge on any atom is 0.408 e. The molecule has 7 heteroatoms. The van der Waals surface area contributed by atoms with Crippen molar-refractivity contribution in [2.75, 3.05) is 6.54 Å². The molecule has 2 N–H and O–H groups in total. The molecule has 34 heavy (non-hydrogen) atoms. The molecule has 3 amide bonds. The van der Waals surface area contributed by atoms with Gasteiger partial charge < -0.3 is 20.3 Å². The van der Waals surface area contributed by atoms with Crippen LogP contribution in [0.15, 0.2) is 18.2 Å². The average molecular weight is 476 g/mol. The molecule has 0 heterocycles. The van der Waals surface area contributed by atoms with Gasteiger partial charge in [0.15, 0.2) is 0 Å². The van der Waals surface area contributed by atoms with Gasteiger partial charge in [0.1, 0.15) is 17.7 Å². The van der Waals surface area contributed by atoms with Crippen molar-refractivity contribution in [1.29, 1.82) is 0 Å². The van der Waals surface area contributed by atoms with Crippen LogP contribution in [0.2, 0.25) is 0 Å². The van der Waals surface area contributed by atoms with Crippen LogP contribution >= 0.6 is 0 Å². The Bertz CT molecular complexity index is 843. The number of hydrogen-bond acceptors (Lipinski definition) is 4. The Morgan fingerprint density at radius 2 is 1.65 bits per heavy atom. The minimum Gasteiger partial charge on any atom is -0.444 e. The van der Waals surface area contributed by atoms with Crippen LogP contribution in [0.4, 0.5) is 4.79 Å². The second kappa shape index (κ2) is 12.8. The molecule has 1 aromatic rings. The van der Waals surface area contributed by atoms with E-state index in [0.29, 0.717) is 19.4 Å². The molecular formula is C27H45N3O4. The van der Waals surface area contributed by atoms with Gasteiger partial charge in [-0.1, -0.05) is 39.0 Å². The summed E-state index contributed by atoms with van der Waals surface area (Å²) in [5.74, 6) is -0.367. The average Bonchev–Trinajstić information content (AvgIpc) is 2.67. The van der Waals surface area contributed by atoms with E-state index in [1.165, 1.54) is 0 Å². The number of carbonyl (C=O) groups is 3. The van der Waals surface area contributed by atoms with Crippen LogP contribution in [0.1, 0.15) is 91.0 Å². The summed E-state index contributed by atoms with van der Waals surface area (Å²) in [5.41, 5.74) is 2.13. The van der Waals surface area contributed by atoms with E-state index in [9.17, 15) is 14.4 Å². The summed E-state index contributed by atoms with van der Waals surface area (Å²) in [6.07, 6.45) is 0.463. The summed E-state index contributed by atoms with van der Waals surface area (Å²) < 4.78 is 5.42. The first kappa shape index (κ1) is 29.5. The first-order chi connectivity index (χ1) is 15.7. The molecule has 0 aliphatic carbocycles. The van der Waals surface area contributed by atoms with E-state index in [1.54, 1.807) is 25.7 Å². The summed E-state index contributed by atoms with van der Waals surface area (Å²) in [7, 11) is 0. The highest BCUT2D eigenvalue weighted by molar-refractivity contribution is 5.92. The Morgan fingerprint density at radius 3 is 2.15 bits per heavy atom. The maximum atomic E-state index is 13.9. The van der Waals surface area contributed by atoms with Crippen LogP contribution in [0.3, 0.4) is 0 Å². The summed E-state index contributed by atoms with van der Waals surface area (Å²) in [4.78, 5) is 41.6. The summed E-state index contributed by atoms with van der Waals surface area (Å²) in [6.45, 7) is 19.4. The zero-order valence-electron chi connectivity index (χ0n) is 22.7. The molecule has 0 spiro atoms. The predicted molar refractivity (Wildman–Crippen MR) is 137 cm³/mol. The number of alkyl carbamates (subject to hydrolysis) is 1. The largest absolute Gasteiger partial charge is 0.444 e. The van der Waals surface area contributed by atoms with Crippen molar-refractivity contribution < 1.29 is 19.1 Å². The summed E-state index contributed by atoms with van der Waals surface area (Å²) in [6, 6.07) is 4.12. The third-order valence-corrected chi connectivity index (χ3v) is 5.38. The van der Waals surface area contributed by atoms with Crippen LogP contribution in [0.25, 0.3) is 0 Å². The third-order valence-electron chi connectivity index (χ3n) is 5.38. The Labute approximate surface area is 206 Å². The van der Waals surface area contributed by atoms with Gasteiger partial charge in [-0.2, -0.15) is 0 Å². The van der Waals surface area contributed by atoms with Gasteiger partial charge in [0.2, 0.25) is 11.8 Å². The zero-order chi connectivity index (χ0) is 26.2. The fourth-order valence-electron chi connectivity index (χ4n) is 3.83. The number of amides is 3. The van der Waals surface area contributed by atoms with Crippen LogP contribution in [-0.2, 0) is 14.3 Å². The Morgan fingerprint density at radius 1 is 1.03 bits per heavy atom. The first-order valence-corrected chi connectivity index (χ1v) is 12.3. The summed E-state index contributed by atoms with van der Waals surface area (Å²) >= 11 is 0. The van der Waals surface area contributed by atoms with Gasteiger partial charge in [0, 0.05) is 12.6 Å². The minimum atomic E-state index is -0.805. The molecule has 7 nitrogen and oxygen atoms in total. The standard InChI is InChI=1S/C27H45N3O4/c1-11-15-30(25(32)22(16-17(2)3)29-26(33)34-27(8,9)10)23(24(31)28-18(4)5)21-14-12-13-19(6)20(21)7/h12-14,17-18,22-23H,11,15-16H2,1-10H3,(H,28,31)(H,29,33). The maximum absolute atomic E-state index is 13.9. The SMILES string of the molecule is CCCN(C(=O)C(CC(C)C)NC(=O)OC(C)(C)C)C(C(=O)NC(C)C)c1cccc(C)c1C. The molecule has 0 aliphatic rings. The zero-order valence-corrected chi connectivity index (χ0v) is 22.7. The fraction of sp³-hybridized carbons (Fsp3) is 0.667. The van der Waals surface area contributed by atoms with E-state index in [2.05, 4.69) is 10.6 Å². The van der Waals surface area contributed by atoms with E-state index >= 15 is 0 Å². The van der Waals surface area contributed by atoms with Crippen molar-refractivity contribution in [2.45, 2.75) is 106 Å². The van der Waals surface area contributed by atoms with Gasteiger partial charge in [-0.05, 0) is 83.9 Å². The van der Waals surface area contributed by atoms with Crippen molar-refractivity contribution in [2.24, 2.45) is 5.92 Å². The van der Waals surface area contributed by atoms with E-state index in [1.807, 2.05) is 66.7 Å². The van der Waals surface area contributed by atoms with E-state index in [0.717, 1.165) is 16.7 Å². The van der Waals surface area contributed by atoms with Gasteiger partial charge in [-0.3, -0.25) is 9.59 Å². The molecule has 1 aromatic carbocycles.